The van der Waals surface area contributed by atoms with E-state index in [0.717, 1.165) is 0 Å². The summed E-state index contributed by atoms with van der Waals surface area (Å²) in [4.78, 5) is 13.3. The summed E-state index contributed by atoms with van der Waals surface area (Å²) in [5.41, 5.74) is 0.650. The monoisotopic (exact) mass is 468 g/mol. The molecule has 0 atom stereocenters. The fourth-order valence-electron chi connectivity index (χ4n) is 2.92. The third kappa shape index (κ3) is 4.29. The Labute approximate surface area is 192 Å². The van der Waals surface area contributed by atoms with Crippen LogP contribution in [0.1, 0.15) is 0 Å². The van der Waals surface area contributed by atoms with Gasteiger partial charge in [-0.15, -0.1) is 5.11 Å². The number of aromatic nitrogens is 2. The first kappa shape index (κ1) is 21.0. The standard InChI is InChI=1S/C22H14Cl2N4O2S/c23-14-6-10-16(11-7-14)25-26-19-20(29)27(17-4-2-1-3-5-17)22(31)28(21(19)30)18-12-8-15(24)9-13-18/h1-13,30H. The van der Waals surface area contributed by atoms with Gasteiger partial charge in [0.15, 0.2) is 4.77 Å². The Bertz CT molecular complexity index is 1380. The summed E-state index contributed by atoms with van der Waals surface area (Å²) in [5.74, 6) is -0.429. The average Bonchev–Trinajstić information content (AvgIpc) is 2.77. The molecule has 0 fully saturated rings. The molecule has 4 aromatic rings. The summed E-state index contributed by atoms with van der Waals surface area (Å²) < 4.78 is 2.71. The van der Waals surface area contributed by atoms with Crippen molar-refractivity contribution in [3.8, 4) is 17.3 Å². The maximum absolute atomic E-state index is 13.3. The van der Waals surface area contributed by atoms with Crippen molar-refractivity contribution in [1.82, 2.24) is 9.13 Å². The molecule has 1 heterocycles. The molecule has 0 amide bonds. The molecular formula is C22H14Cl2N4O2S. The molecule has 154 valence electrons. The quantitative estimate of drug-likeness (QED) is 0.264. The third-order valence-electron chi connectivity index (χ3n) is 4.40. The molecule has 0 aliphatic carbocycles. The summed E-state index contributed by atoms with van der Waals surface area (Å²) in [5, 5.41) is 20.1. The van der Waals surface area contributed by atoms with Crippen molar-refractivity contribution in [2.45, 2.75) is 0 Å². The molecule has 0 aliphatic rings. The van der Waals surface area contributed by atoms with Gasteiger partial charge in [0, 0.05) is 10.0 Å². The Hall–Kier alpha value is -3.26. The van der Waals surface area contributed by atoms with Crippen LogP contribution in [0.5, 0.6) is 5.88 Å². The molecule has 0 bridgehead atoms. The number of benzene rings is 3. The predicted molar refractivity (Wildman–Crippen MR) is 125 cm³/mol. The van der Waals surface area contributed by atoms with Crippen LogP contribution in [0.4, 0.5) is 11.4 Å². The molecule has 9 heteroatoms. The number of nitrogens with zero attached hydrogens (tertiary/aromatic N) is 4. The van der Waals surface area contributed by atoms with Gasteiger partial charge in [0.25, 0.3) is 5.56 Å². The number of aromatic hydroxyl groups is 1. The SMILES string of the molecule is O=c1c(N=Nc2ccc(Cl)cc2)c(O)n(-c2ccc(Cl)cc2)c(=S)n1-c1ccccc1. The van der Waals surface area contributed by atoms with Crippen LogP contribution in [0.25, 0.3) is 11.4 Å². The molecule has 1 N–H and O–H groups in total. The zero-order valence-corrected chi connectivity index (χ0v) is 18.1. The van der Waals surface area contributed by atoms with Crippen LogP contribution in [0.2, 0.25) is 10.0 Å². The first-order valence-electron chi connectivity index (χ1n) is 9.05. The topological polar surface area (TPSA) is 71.9 Å². The number of azo groups is 1. The Morgan fingerprint density at radius 3 is 1.90 bits per heavy atom. The lowest BCUT2D eigenvalue weighted by Crippen LogP contribution is -2.23. The second kappa shape index (κ2) is 8.85. The Morgan fingerprint density at radius 2 is 1.29 bits per heavy atom. The molecule has 0 saturated heterocycles. The largest absolute Gasteiger partial charge is 0.492 e. The van der Waals surface area contributed by atoms with Crippen LogP contribution in [0.3, 0.4) is 0 Å². The minimum atomic E-state index is -0.600. The van der Waals surface area contributed by atoms with Gasteiger partial charge in [0.2, 0.25) is 11.6 Å². The first-order chi connectivity index (χ1) is 15.0. The van der Waals surface area contributed by atoms with Gasteiger partial charge in [-0.2, -0.15) is 5.11 Å². The van der Waals surface area contributed by atoms with Crippen molar-refractivity contribution < 1.29 is 5.11 Å². The summed E-state index contributed by atoms with van der Waals surface area (Å²) in [6.07, 6.45) is 0. The molecule has 1 aromatic heterocycles. The number of halogens is 2. The second-order valence-corrected chi connectivity index (χ2v) is 7.66. The van der Waals surface area contributed by atoms with Crippen molar-refractivity contribution in [3.05, 3.63) is 104 Å². The first-order valence-corrected chi connectivity index (χ1v) is 10.2. The number of para-hydroxylation sites is 1. The Balaban J connectivity index is 1.98. The molecule has 0 radical (unpaired) electrons. The maximum Gasteiger partial charge on any atom is 0.290 e. The van der Waals surface area contributed by atoms with Gasteiger partial charge in [0.05, 0.1) is 17.1 Å². The zero-order valence-electron chi connectivity index (χ0n) is 15.8. The van der Waals surface area contributed by atoms with E-state index in [0.29, 0.717) is 27.1 Å². The number of hydrogen-bond donors (Lipinski definition) is 1. The minimum Gasteiger partial charge on any atom is -0.492 e. The van der Waals surface area contributed by atoms with Gasteiger partial charge in [-0.1, -0.05) is 41.4 Å². The van der Waals surface area contributed by atoms with E-state index in [9.17, 15) is 9.90 Å². The van der Waals surface area contributed by atoms with E-state index in [-0.39, 0.29) is 10.5 Å². The molecule has 31 heavy (non-hydrogen) atoms. The molecule has 0 saturated carbocycles. The van der Waals surface area contributed by atoms with Gasteiger partial charge in [-0.25, -0.2) is 0 Å². The lowest BCUT2D eigenvalue weighted by molar-refractivity contribution is 0.432. The maximum atomic E-state index is 13.3. The lowest BCUT2D eigenvalue weighted by Gasteiger charge is -2.16. The summed E-state index contributed by atoms with van der Waals surface area (Å²) in [7, 11) is 0. The minimum absolute atomic E-state index is 0.0708. The van der Waals surface area contributed by atoms with Crippen molar-refractivity contribution in [2.24, 2.45) is 10.2 Å². The van der Waals surface area contributed by atoms with Crippen molar-refractivity contribution >= 4 is 46.8 Å². The van der Waals surface area contributed by atoms with E-state index in [4.69, 9.17) is 35.4 Å². The molecule has 4 rings (SSSR count). The fraction of sp³-hybridized carbons (Fsp3) is 0. The highest BCUT2D eigenvalue weighted by Crippen LogP contribution is 2.29. The van der Waals surface area contributed by atoms with Gasteiger partial charge >= 0.3 is 0 Å². The van der Waals surface area contributed by atoms with Crippen LogP contribution in [-0.4, -0.2) is 14.2 Å². The van der Waals surface area contributed by atoms with Gasteiger partial charge in [0.1, 0.15) is 0 Å². The van der Waals surface area contributed by atoms with E-state index in [2.05, 4.69) is 10.2 Å². The molecule has 6 nitrogen and oxygen atoms in total. The van der Waals surface area contributed by atoms with Crippen molar-refractivity contribution in [3.63, 3.8) is 0 Å². The average molecular weight is 469 g/mol. The third-order valence-corrected chi connectivity index (χ3v) is 5.27. The zero-order chi connectivity index (χ0) is 22.0. The van der Waals surface area contributed by atoms with Gasteiger partial charge in [-0.05, 0) is 72.9 Å². The fourth-order valence-corrected chi connectivity index (χ4v) is 3.55. The Morgan fingerprint density at radius 1 is 0.742 bits per heavy atom. The van der Waals surface area contributed by atoms with Crippen LogP contribution in [0, 0.1) is 4.77 Å². The molecule has 3 aromatic carbocycles. The highest BCUT2D eigenvalue weighted by atomic mass is 35.5. The van der Waals surface area contributed by atoms with E-state index in [1.54, 1.807) is 72.8 Å². The molecule has 0 unspecified atom stereocenters. The smallest absolute Gasteiger partial charge is 0.290 e. The predicted octanol–water partition coefficient (Wildman–Crippen LogP) is 6.79. The van der Waals surface area contributed by atoms with Gasteiger partial charge in [-0.3, -0.25) is 13.9 Å². The van der Waals surface area contributed by atoms with Crippen LogP contribution < -0.4 is 5.56 Å². The van der Waals surface area contributed by atoms with Gasteiger partial charge < -0.3 is 5.11 Å². The van der Waals surface area contributed by atoms with E-state index >= 15 is 0 Å². The second-order valence-electron chi connectivity index (χ2n) is 6.42. The molecule has 0 spiro atoms. The molecule has 0 aliphatic heterocycles. The van der Waals surface area contributed by atoms with E-state index < -0.39 is 11.4 Å². The van der Waals surface area contributed by atoms with E-state index in [1.165, 1.54) is 9.13 Å². The lowest BCUT2D eigenvalue weighted by atomic mass is 10.3. The highest BCUT2D eigenvalue weighted by molar-refractivity contribution is 7.71. The highest BCUT2D eigenvalue weighted by Gasteiger charge is 2.19. The summed E-state index contributed by atoms with van der Waals surface area (Å²) in [6, 6.07) is 22.1. The normalized spacial score (nSPS) is 11.2. The summed E-state index contributed by atoms with van der Waals surface area (Å²) >= 11 is 17.5. The van der Waals surface area contributed by atoms with Crippen molar-refractivity contribution in [1.29, 1.82) is 0 Å². The Kier molecular flexibility index (Phi) is 5.99. The van der Waals surface area contributed by atoms with Crippen LogP contribution >= 0.6 is 35.4 Å². The summed E-state index contributed by atoms with van der Waals surface area (Å²) in [6.45, 7) is 0. The molecular weight excluding hydrogens is 455 g/mol. The van der Waals surface area contributed by atoms with Crippen LogP contribution in [-0.2, 0) is 0 Å². The number of rotatable bonds is 4. The van der Waals surface area contributed by atoms with E-state index in [1.807, 2.05) is 6.07 Å². The number of hydrogen-bond acceptors (Lipinski definition) is 5. The van der Waals surface area contributed by atoms with Crippen LogP contribution in [0.15, 0.2) is 93.9 Å². The van der Waals surface area contributed by atoms with Crippen molar-refractivity contribution in [2.75, 3.05) is 0 Å².